The van der Waals surface area contributed by atoms with Crippen molar-refractivity contribution in [2.75, 3.05) is 6.54 Å². The number of aryl methyl sites for hydroxylation is 2. The van der Waals surface area contributed by atoms with Gasteiger partial charge < -0.3 is 9.88 Å². The van der Waals surface area contributed by atoms with Crippen molar-refractivity contribution in [1.82, 2.24) is 14.8 Å². The summed E-state index contributed by atoms with van der Waals surface area (Å²) in [6.45, 7) is 7.89. The van der Waals surface area contributed by atoms with Crippen molar-refractivity contribution in [2.24, 2.45) is 0 Å². The summed E-state index contributed by atoms with van der Waals surface area (Å²) >= 11 is 0. The molecule has 1 aliphatic carbocycles. The van der Waals surface area contributed by atoms with E-state index in [-0.39, 0.29) is 18.2 Å². The second-order valence-corrected chi connectivity index (χ2v) is 7.84. The number of ketones is 1. The molecule has 1 spiro atoms. The lowest BCUT2D eigenvalue weighted by Gasteiger charge is -2.33. The Kier molecular flexibility index (Phi) is 4.65. The molecular weight excluding hydrogens is 366 g/mol. The predicted octanol–water partition coefficient (Wildman–Crippen LogP) is 3.26. The van der Waals surface area contributed by atoms with E-state index in [0.29, 0.717) is 18.5 Å². The number of carbonyl (C=O) groups excluding carboxylic acids is 3. The first-order chi connectivity index (χ1) is 13.9. The highest BCUT2D eigenvalue weighted by atomic mass is 16.2. The maximum Gasteiger partial charge on any atom is 0.325 e. The van der Waals surface area contributed by atoms with Crippen molar-refractivity contribution in [1.29, 1.82) is 0 Å². The van der Waals surface area contributed by atoms with Crippen molar-refractivity contribution in [2.45, 2.75) is 45.2 Å². The summed E-state index contributed by atoms with van der Waals surface area (Å²) in [7, 11) is 0. The van der Waals surface area contributed by atoms with Crippen LogP contribution in [-0.2, 0) is 23.3 Å². The Morgan fingerprint density at radius 1 is 1.28 bits per heavy atom. The molecule has 0 saturated carbocycles. The van der Waals surface area contributed by atoms with Crippen LogP contribution in [0, 0.1) is 13.8 Å². The molecule has 2 aromatic rings. The quantitative estimate of drug-likeness (QED) is 0.483. The zero-order valence-corrected chi connectivity index (χ0v) is 16.8. The van der Waals surface area contributed by atoms with Gasteiger partial charge in [-0.3, -0.25) is 14.5 Å². The summed E-state index contributed by atoms with van der Waals surface area (Å²) in [5.74, 6) is -0.569. The molecule has 0 radical (unpaired) electrons. The lowest BCUT2D eigenvalue weighted by molar-refractivity contribution is -0.131. The fourth-order valence-corrected chi connectivity index (χ4v) is 4.68. The van der Waals surface area contributed by atoms with Gasteiger partial charge >= 0.3 is 6.03 Å². The minimum Gasteiger partial charge on any atom is -0.345 e. The third-order valence-electron chi connectivity index (χ3n) is 6.14. The smallest absolute Gasteiger partial charge is 0.325 e. The van der Waals surface area contributed by atoms with Crippen LogP contribution in [0.1, 0.15) is 45.7 Å². The van der Waals surface area contributed by atoms with Gasteiger partial charge in [-0.1, -0.05) is 30.3 Å². The molecule has 2 aliphatic rings. The van der Waals surface area contributed by atoms with Gasteiger partial charge in [-0.05, 0) is 50.3 Å². The van der Waals surface area contributed by atoms with Crippen LogP contribution in [0.25, 0.3) is 0 Å². The fourth-order valence-electron chi connectivity index (χ4n) is 4.68. The highest BCUT2D eigenvalue weighted by molar-refractivity contribution is 6.11. The number of carbonyl (C=O) groups is 3. The van der Waals surface area contributed by atoms with E-state index in [2.05, 4.69) is 11.9 Å². The molecule has 0 bridgehead atoms. The van der Waals surface area contributed by atoms with Crippen LogP contribution in [0.2, 0.25) is 0 Å². The molecule has 150 valence electrons. The summed E-state index contributed by atoms with van der Waals surface area (Å²) < 4.78 is 1.99. The third kappa shape index (κ3) is 2.90. The lowest BCUT2D eigenvalue weighted by atomic mass is 9.76. The highest BCUT2D eigenvalue weighted by Gasteiger charge is 2.54. The van der Waals surface area contributed by atoms with Crippen molar-refractivity contribution in [3.63, 3.8) is 0 Å². The van der Waals surface area contributed by atoms with Gasteiger partial charge in [0.1, 0.15) is 5.54 Å². The molecule has 1 atom stereocenters. The number of aromatic nitrogens is 1. The van der Waals surface area contributed by atoms with E-state index < -0.39 is 11.6 Å². The van der Waals surface area contributed by atoms with Gasteiger partial charge in [0.05, 0.1) is 6.54 Å². The number of hydrogen-bond donors (Lipinski definition) is 1. The lowest BCUT2D eigenvalue weighted by Crippen LogP contribution is -2.46. The van der Waals surface area contributed by atoms with E-state index in [1.165, 1.54) is 0 Å². The molecule has 29 heavy (non-hydrogen) atoms. The van der Waals surface area contributed by atoms with Gasteiger partial charge in [0.2, 0.25) is 0 Å². The summed E-state index contributed by atoms with van der Waals surface area (Å²) in [6.07, 6.45) is 4.02. The van der Waals surface area contributed by atoms with E-state index in [1.807, 2.05) is 48.7 Å². The predicted molar refractivity (Wildman–Crippen MR) is 110 cm³/mol. The van der Waals surface area contributed by atoms with Crippen molar-refractivity contribution >= 4 is 17.7 Å². The topological polar surface area (TPSA) is 71.4 Å². The number of amides is 3. The maximum absolute atomic E-state index is 13.4. The summed E-state index contributed by atoms with van der Waals surface area (Å²) in [6, 6.07) is 9.04. The number of nitrogens with zero attached hydrogens (tertiary/aromatic N) is 2. The highest BCUT2D eigenvalue weighted by Crippen LogP contribution is 2.39. The molecule has 1 N–H and O–H groups in total. The molecule has 1 aromatic heterocycles. The van der Waals surface area contributed by atoms with Gasteiger partial charge in [0.25, 0.3) is 5.91 Å². The largest absolute Gasteiger partial charge is 0.345 e. The number of hydrogen-bond acceptors (Lipinski definition) is 3. The van der Waals surface area contributed by atoms with Crippen molar-refractivity contribution < 1.29 is 14.4 Å². The monoisotopic (exact) mass is 391 g/mol. The zero-order chi connectivity index (χ0) is 20.8. The van der Waals surface area contributed by atoms with Crippen LogP contribution in [-0.4, -0.2) is 33.7 Å². The van der Waals surface area contributed by atoms with Gasteiger partial charge in [-0.15, -0.1) is 6.58 Å². The number of allylic oxidation sites excluding steroid dienone is 1. The number of fused-ring (bicyclic) bond motifs is 2. The first-order valence-corrected chi connectivity index (χ1v) is 9.92. The average Bonchev–Trinajstić information content (AvgIpc) is 3.12. The number of benzene rings is 1. The van der Waals surface area contributed by atoms with E-state index in [4.69, 9.17) is 0 Å². The van der Waals surface area contributed by atoms with Crippen LogP contribution in [0.4, 0.5) is 4.79 Å². The minimum absolute atomic E-state index is 0.238. The number of Topliss-reactive ketones (excluding diaryl/α,β-unsaturated/α-hetero) is 1. The average molecular weight is 391 g/mol. The van der Waals surface area contributed by atoms with Crippen LogP contribution >= 0.6 is 0 Å². The standard InChI is InChI=1S/C23H25N3O3/c1-4-12-25-15(2)13-18(16(25)3)20(27)14-26-21(28)23(24-22(26)29)11-7-9-17-8-5-6-10-19(17)23/h4-6,8,10,13H,1,7,9,11-12,14H2,2-3H3,(H,24,29)/t23-/m1/s1. The molecular formula is C23H25N3O3. The van der Waals surface area contributed by atoms with Crippen LogP contribution in [0.3, 0.4) is 0 Å². The van der Waals surface area contributed by atoms with Crippen molar-refractivity contribution in [3.8, 4) is 0 Å². The molecule has 6 nitrogen and oxygen atoms in total. The van der Waals surface area contributed by atoms with E-state index in [1.54, 1.807) is 6.08 Å². The second-order valence-electron chi connectivity index (χ2n) is 7.84. The van der Waals surface area contributed by atoms with Crippen LogP contribution in [0.15, 0.2) is 43.0 Å². The van der Waals surface area contributed by atoms with E-state index in [9.17, 15) is 14.4 Å². The van der Waals surface area contributed by atoms with Gasteiger partial charge in [0, 0.05) is 23.5 Å². The second kappa shape index (κ2) is 7.03. The Balaban J connectivity index is 1.63. The molecule has 6 heteroatoms. The van der Waals surface area contributed by atoms with E-state index >= 15 is 0 Å². The Bertz CT molecular complexity index is 1040. The molecule has 2 heterocycles. The van der Waals surface area contributed by atoms with Gasteiger partial charge in [-0.25, -0.2) is 4.79 Å². The minimum atomic E-state index is -1.05. The third-order valence-corrected chi connectivity index (χ3v) is 6.14. The number of imide groups is 1. The van der Waals surface area contributed by atoms with Crippen LogP contribution < -0.4 is 5.32 Å². The number of urea groups is 1. The molecule has 0 unspecified atom stereocenters. The zero-order valence-electron chi connectivity index (χ0n) is 16.8. The van der Waals surface area contributed by atoms with Crippen molar-refractivity contribution in [3.05, 3.63) is 71.1 Å². The number of nitrogens with one attached hydrogen (secondary N) is 1. The van der Waals surface area contributed by atoms with Gasteiger partial charge in [-0.2, -0.15) is 0 Å². The first kappa shape index (κ1) is 19.2. The molecule has 1 fully saturated rings. The molecule has 1 saturated heterocycles. The summed E-state index contributed by atoms with van der Waals surface area (Å²) in [5.41, 5.74) is 3.18. The Morgan fingerprint density at radius 2 is 2.03 bits per heavy atom. The normalized spacial score (nSPS) is 20.7. The summed E-state index contributed by atoms with van der Waals surface area (Å²) in [4.78, 5) is 40.1. The first-order valence-electron chi connectivity index (χ1n) is 9.92. The SMILES string of the molecule is C=CCn1c(C)cc(C(=O)CN2C(=O)N[C@@]3(CCCc4ccccc43)C2=O)c1C. The molecule has 1 aromatic carbocycles. The Labute approximate surface area is 170 Å². The Morgan fingerprint density at radius 3 is 2.79 bits per heavy atom. The summed E-state index contributed by atoms with van der Waals surface area (Å²) in [5, 5.41) is 2.90. The maximum atomic E-state index is 13.4. The molecule has 1 aliphatic heterocycles. The number of rotatable bonds is 5. The van der Waals surface area contributed by atoms with Crippen LogP contribution in [0.5, 0.6) is 0 Å². The van der Waals surface area contributed by atoms with E-state index in [0.717, 1.165) is 40.3 Å². The molecule has 4 rings (SSSR count). The molecule has 3 amide bonds. The fraction of sp³-hybridized carbons (Fsp3) is 0.348. The Hall–Kier alpha value is -3.15. The van der Waals surface area contributed by atoms with Gasteiger partial charge in [0.15, 0.2) is 5.78 Å².